The summed E-state index contributed by atoms with van der Waals surface area (Å²) in [6.45, 7) is 1.78. The molecule has 2 aliphatic carbocycles. The Balaban J connectivity index is 1.49. The summed E-state index contributed by atoms with van der Waals surface area (Å²) in [5, 5.41) is 0.698. The Morgan fingerprint density at radius 2 is 2.04 bits per heavy atom. The third-order valence-electron chi connectivity index (χ3n) is 5.90. The van der Waals surface area contributed by atoms with E-state index in [4.69, 9.17) is 22.1 Å². The van der Waals surface area contributed by atoms with Gasteiger partial charge in [-0.15, -0.1) is 0 Å². The standard InChI is InChI=1S/C18H23ClN2O2/c19-14-4-2-1-3-13(14)15-10-21(7-8-23-15)18(22)16-11-5-6-12(9-11)17(16)20/h1-4,11-12,15-17H,5-10,20H2. The van der Waals surface area contributed by atoms with Crippen LogP contribution in [0.25, 0.3) is 0 Å². The molecule has 4 nitrogen and oxygen atoms in total. The lowest BCUT2D eigenvalue weighted by Gasteiger charge is -2.37. The summed E-state index contributed by atoms with van der Waals surface area (Å²) in [5.74, 6) is 1.28. The number of ether oxygens (including phenoxy) is 1. The Labute approximate surface area is 141 Å². The maximum Gasteiger partial charge on any atom is 0.227 e. The van der Waals surface area contributed by atoms with Crippen molar-refractivity contribution in [2.24, 2.45) is 23.5 Å². The van der Waals surface area contributed by atoms with Crippen LogP contribution in [0.5, 0.6) is 0 Å². The molecule has 3 fully saturated rings. The van der Waals surface area contributed by atoms with Crippen LogP contribution in [0.4, 0.5) is 0 Å². The molecule has 1 aromatic rings. The van der Waals surface area contributed by atoms with Crippen LogP contribution in [-0.2, 0) is 9.53 Å². The van der Waals surface area contributed by atoms with Crippen LogP contribution in [0.3, 0.4) is 0 Å². The third-order valence-corrected chi connectivity index (χ3v) is 6.24. The molecule has 0 radical (unpaired) electrons. The lowest BCUT2D eigenvalue weighted by atomic mass is 9.84. The number of fused-ring (bicyclic) bond motifs is 2. The number of hydrogen-bond acceptors (Lipinski definition) is 3. The Bertz CT molecular complexity index is 606. The first kappa shape index (κ1) is 15.4. The van der Waals surface area contributed by atoms with Crippen molar-refractivity contribution in [1.82, 2.24) is 4.90 Å². The molecule has 23 heavy (non-hydrogen) atoms. The number of benzene rings is 1. The topological polar surface area (TPSA) is 55.6 Å². The van der Waals surface area contributed by atoms with Crippen LogP contribution in [0, 0.1) is 17.8 Å². The minimum Gasteiger partial charge on any atom is -0.370 e. The number of halogens is 1. The zero-order valence-corrected chi connectivity index (χ0v) is 13.9. The summed E-state index contributed by atoms with van der Waals surface area (Å²) in [5.41, 5.74) is 7.30. The fraction of sp³-hybridized carbons (Fsp3) is 0.611. The molecule has 3 aliphatic rings. The lowest BCUT2D eigenvalue weighted by molar-refractivity contribution is -0.145. The number of hydrogen-bond donors (Lipinski definition) is 1. The van der Waals surface area contributed by atoms with E-state index in [1.54, 1.807) is 0 Å². The zero-order chi connectivity index (χ0) is 16.0. The van der Waals surface area contributed by atoms with E-state index in [9.17, 15) is 4.79 Å². The van der Waals surface area contributed by atoms with Crippen molar-refractivity contribution < 1.29 is 9.53 Å². The highest BCUT2D eigenvalue weighted by Gasteiger charge is 2.50. The molecule has 1 heterocycles. The summed E-state index contributed by atoms with van der Waals surface area (Å²) in [7, 11) is 0. The van der Waals surface area contributed by atoms with Crippen LogP contribution in [0.2, 0.25) is 5.02 Å². The van der Waals surface area contributed by atoms with Crippen LogP contribution < -0.4 is 5.73 Å². The van der Waals surface area contributed by atoms with Crippen molar-refractivity contribution in [3.8, 4) is 0 Å². The van der Waals surface area contributed by atoms with E-state index in [1.807, 2.05) is 29.2 Å². The van der Waals surface area contributed by atoms with E-state index >= 15 is 0 Å². The highest BCUT2D eigenvalue weighted by Crippen LogP contribution is 2.48. The number of carbonyl (C=O) groups excluding carboxylic acids is 1. The van der Waals surface area contributed by atoms with Crippen molar-refractivity contribution in [2.45, 2.75) is 31.4 Å². The monoisotopic (exact) mass is 334 g/mol. The smallest absolute Gasteiger partial charge is 0.227 e. The first-order valence-corrected chi connectivity index (χ1v) is 8.93. The molecule has 5 atom stereocenters. The number of nitrogens with zero attached hydrogens (tertiary/aromatic N) is 1. The van der Waals surface area contributed by atoms with Crippen molar-refractivity contribution >= 4 is 17.5 Å². The number of carbonyl (C=O) groups is 1. The molecule has 4 rings (SSSR count). The van der Waals surface area contributed by atoms with Gasteiger partial charge in [0.15, 0.2) is 0 Å². The van der Waals surface area contributed by atoms with Gasteiger partial charge in [0.2, 0.25) is 5.91 Å². The van der Waals surface area contributed by atoms with Gasteiger partial charge in [0, 0.05) is 23.2 Å². The van der Waals surface area contributed by atoms with Crippen LogP contribution in [0.1, 0.15) is 30.9 Å². The molecule has 5 unspecified atom stereocenters. The molecule has 124 valence electrons. The SMILES string of the molecule is NC1C2CCC(C2)C1C(=O)N1CCOC(c2ccccc2Cl)C1. The average molecular weight is 335 g/mol. The lowest BCUT2D eigenvalue weighted by Crippen LogP contribution is -2.50. The van der Waals surface area contributed by atoms with Crippen molar-refractivity contribution in [3.05, 3.63) is 34.9 Å². The van der Waals surface area contributed by atoms with Gasteiger partial charge in [-0.25, -0.2) is 0 Å². The predicted octanol–water partition coefficient (Wildman–Crippen LogP) is 2.61. The van der Waals surface area contributed by atoms with Crippen molar-refractivity contribution in [3.63, 3.8) is 0 Å². The highest BCUT2D eigenvalue weighted by molar-refractivity contribution is 6.31. The number of rotatable bonds is 2. The minimum absolute atomic E-state index is 0.0127. The maximum absolute atomic E-state index is 13.0. The average Bonchev–Trinajstić information content (AvgIpc) is 3.16. The second-order valence-electron chi connectivity index (χ2n) is 7.10. The second kappa shape index (κ2) is 6.08. The zero-order valence-electron chi connectivity index (χ0n) is 13.2. The summed E-state index contributed by atoms with van der Waals surface area (Å²) in [6.07, 6.45) is 3.35. The summed E-state index contributed by atoms with van der Waals surface area (Å²) < 4.78 is 5.87. The van der Waals surface area contributed by atoms with E-state index in [1.165, 1.54) is 6.42 Å². The van der Waals surface area contributed by atoms with Crippen molar-refractivity contribution in [2.75, 3.05) is 19.7 Å². The number of amides is 1. The van der Waals surface area contributed by atoms with E-state index in [0.29, 0.717) is 36.6 Å². The van der Waals surface area contributed by atoms with Gasteiger partial charge in [-0.05, 0) is 37.2 Å². The summed E-state index contributed by atoms with van der Waals surface area (Å²) >= 11 is 6.28. The van der Waals surface area contributed by atoms with Gasteiger partial charge in [-0.1, -0.05) is 29.8 Å². The Kier molecular flexibility index (Phi) is 4.08. The van der Waals surface area contributed by atoms with Crippen LogP contribution in [0.15, 0.2) is 24.3 Å². The molecule has 1 saturated heterocycles. The summed E-state index contributed by atoms with van der Waals surface area (Å²) in [4.78, 5) is 15.0. The third kappa shape index (κ3) is 2.67. The van der Waals surface area contributed by atoms with Gasteiger partial charge in [-0.2, -0.15) is 0 Å². The fourth-order valence-corrected chi connectivity index (χ4v) is 4.94. The molecule has 0 spiro atoms. The number of nitrogens with two attached hydrogens (primary N) is 1. The predicted molar refractivity (Wildman–Crippen MR) is 89.0 cm³/mol. The molecule has 0 aromatic heterocycles. The van der Waals surface area contributed by atoms with Crippen molar-refractivity contribution in [1.29, 1.82) is 0 Å². The number of morpholine rings is 1. The molecule has 2 N–H and O–H groups in total. The van der Waals surface area contributed by atoms with Gasteiger partial charge < -0.3 is 15.4 Å². The molecular formula is C18H23ClN2O2. The Hall–Kier alpha value is -1.10. The molecule has 1 amide bonds. The van der Waals surface area contributed by atoms with Gasteiger partial charge in [-0.3, -0.25) is 4.79 Å². The van der Waals surface area contributed by atoms with Gasteiger partial charge in [0.25, 0.3) is 0 Å². The van der Waals surface area contributed by atoms with Crippen LogP contribution in [-0.4, -0.2) is 36.5 Å². The first-order valence-electron chi connectivity index (χ1n) is 8.55. The van der Waals surface area contributed by atoms with E-state index < -0.39 is 0 Å². The normalized spacial score (nSPS) is 36.4. The Morgan fingerprint density at radius 3 is 2.78 bits per heavy atom. The van der Waals surface area contributed by atoms with E-state index in [-0.39, 0.29) is 24.0 Å². The van der Waals surface area contributed by atoms with Crippen LogP contribution >= 0.6 is 11.6 Å². The van der Waals surface area contributed by atoms with E-state index in [0.717, 1.165) is 18.4 Å². The van der Waals surface area contributed by atoms with Gasteiger partial charge in [0.1, 0.15) is 6.10 Å². The molecule has 5 heteroatoms. The highest BCUT2D eigenvalue weighted by atomic mass is 35.5. The largest absolute Gasteiger partial charge is 0.370 e. The second-order valence-corrected chi connectivity index (χ2v) is 7.51. The quantitative estimate of drug-likeness (QED) is 0.904. The minimum atomic E-state index is -0.142. The first-order chi connectivity index (χ1) is 11.1. The van der Waals surface area contributed by atoms with Gasteiger partial charge in [0.05, 0.1) is 19.1 Å². The summed E-state index contributed by atoms with van der Waals surface area (Å²) in [6, 6.07) is 7.75. The molecule has 2 saturated carbocycles. The fourth-order valence-electron chi connectivity index (χ4n) is 4.69. The maximum atomic E-state index is 13.0. The van der Waals surface area contributed by atoms with E-state index in [2.05, 4.69) is 0 Å². The van der Waals surface area contributed by atoms with Gasteiger partial charge >= 0.3 is 0 Å². The Morgan fingerprint density at radius 1 is 1.26 bits per heavy atom. The molecule has 1 aromatic carbocycles. The molecule has 1 aliphatic heterocycles. The molecular weight excluding hydrogens is 312 g/mol. The molecule has 2 bridgehead atoms.